The van der Waals surface area contributed by atoms with Crippen molar-refractivity contribution >= 4 is 75.7 Å². The van der Waals surface area contributed by atoms with Crippen LogP contribution in [0.2, 0.25) is 0 Å². The minimum atomic E-state index is 0.864. The number of hydrogen-bond acceptors (Lipinski definition) is 1. The second-order valence-electron chi connectivity index (χ2n) is 10.6. The van der Waals surface area contributed by atoms with Crippen molar-refractivity contribution in [2.24, 2.45) is 0 Å². The van der Waals surface area contributed by atoms with Crippen molar-refractivity contribution in [2.75, 3.05) is 0 Å². The molecule has 2 heteroatoms. The molecular formula is C37H24N2. The maximum atomic E-state index is 5.03. The second-order valence-corrected chi connectivity index (χ2v) is 10.6. The van der Waals surface area contributed by atoms with E-state index in [0.29, 0.717) is 0 Å². The summed E-state index contributed by atoms with van der Waals surface area (Å²) in [6, 6.07) is 42.6. The normalized spacial score (nSPS) is 12.3. The van der Waals surface area contributed by atoms with E-state index < -0.39 is 0 Å². The molecule has 1 heterocycles. The molecule has 182 valence electrons. The van der Waals surface area contributed by atoms with Crippen molar-refractivity contribution < 1.29 is 0 Å². The van der Waals surface area contributed by atoms with E-state index >= 15 is 0 Å². The highest BCUT2D eigenvalue weighted by Gasteiger charge is 2.19. The molecule has 0 aliphatic rings. The molecule has 0 unspecified atom stereocenters. The molecule has 0 N–H and O–H groups in total. The van der Waals surface area contributed by atoms with Gasteiger partial charge < -0.3 is 0 Å². The van der Waals surface area contributed by atoms with Gasteiger partial charge in [0.2, 0.25) is 0 Å². The zero-order chi connectivity index (χ0) is 25.7. The first kappa shape index (κ1) is 21.0. The van der Waals surface area contributed by atoms with E-state index in [0.717, 1.165) is 23.3 Å². The monoisotopic (exact) mass is 496 g/mol. The van der Waals surface area contributed by atoms with Gasteiger partial charge >= 0.3 is 0 Å². The molecule has 0 bridgehead atoms. The van der Waals surface area contributed by atoms with Crippen LogP contribution in [-0.2, 0) is 6.42 Å². The lowest BCUT2D eigenvalue weighted by Gasteiger charge is -2.19. The third-order valence-electron chi connectivity index (χ3n) is 8.63. The number of aromatic nitrogens is 2. The first-order valence-electron chi connectivity index (χ1n) is 13.7. The van der Waals surface area contributed by atoms with Gasteiger partial charge in [-0.25, -0.2) is 4.98 Å². The van der Waals surface area contributed by atoms with Crippen LogP contribution in [-0.4, -0.2) is 9.55 Å². The van der Waals surface area contributed by atoms with Gasteiger partial charge in [-0.1, -0.05) is 104 Å². The first-order chi connectivity index (χ1) is 19.3. The standard InChI is InChI=1S/C37H24N2/c1-2-33-38-30-17-3-4-18-31(30)39(33)32-21-24-11-7-14-26-25-12-5-9-22-19-20-23-10-6-13-27(35(23)34(22)25)28-15-8-16-29(32)37(28)36(24)26/h3-21H,2H2,1H3. The Morgan fingerprint density at radius 2 is 1.05 bits per heavy atom. The summed E-state index contributed by atoms with van der Waals surface area (Å²) < 4.78 is 2.38. The van der Waals surface area contributed by atoms with Crippen LogP contribution in [0.4, 0.5) is 0 Å². The number of aryl methyl sites for hydroxylation is 1. The third-order valence-corrected chi connectivity index (χ3v) is 8.63. The minimum absolute atomic E-state index is 0.864. The summed E-state index contributed by atoms with van der Waals surface area (Å²) in [4.78, 5) is 5.03. The lowest BCUT2D eigenvalue weighted by Crippen LogP contribution is -2.02. The fourth-order valence-corrected chi connectivity index (χ4v) is 7.05. The Bertz CT molecular complexity index is 2430. The number of nitrogens with zero attached hydrogens (tertiary/aromatic N) is 2. The van der Waals surface area contributed by atoms with E-state index in [-0.39, 0.29) is 0 Å². The highest BCUT2D eigenvalue weighted by Crippen LogP contribution is 2.44. The van der Waals surface area contributed by atoms with Crippen molar-refractivity contribution in [3.8, 4) is 5.69 Å². The minimum Gasteiger partial charge on any atom is -0.296 e. The van der Waals surface area contributed by atoms with Crippen LogP contribution in [0.1, 0.15) is 12.7 Å². The summed E-state index contributed by atoms with van der Waals surface area (Å²) >= 11 is 0. The van der Waals surface area contributed by atoms with E-state index in [9.17, 15) is 0 Å². The van der Waals surface area contributed by atoms with Gasteiger partial charge in [-0.2, -0.15) is 0 Å². The fourth-order valence-electron chi connectivity index (χ4n) is 7.05. The van der Waals surface area contributed by atoms with Gasteiger partial charge in [-0.3, -0.25) is 4.57 Å². The fraction of sp³-hybridized carbons (Fsp3) is 0.0541. The lowest BCUT2D eigenvalue weighted by molar-refractivity contribution is 0.913. The third kappa shape index (κ3) is 2.68. The Kier molecular flexibility index (Phi) is 4.07. The molecule has 2 nitrogen and oxygen atoms in total. The predicted octanol–water partition coefficient (Wildman–Crippen LogP) is 9.94. The van der Waals surface area contributed by atoms with E-state index in [1.165, 1.54) is 70.3 Å². The molecule has 9 aromatic rings. The number of rotatable bonds is 2. The van der Waals surface area contributed by atoms with Crippen LogP contribution in [0.25, 0.3) is 81.4 Å². The van der Waals surface area contributed by atoms with Crippen molar-refractivity contribution in [3.63, 3.8) is 0 Å². The van der Waals surface area contributed by atoms with Crippen LogP contribution in [0.15, 0.2) is 115 Å². The van der Waals surface area contributed by atoms with Crippen molar-refractivity contribution in [3.05, 3.63) is 121 Å². The Morgan fingerprint density at radius 3 is 1.72 bits per heavy atom. The largest absolute Gasteiger partial charge is 0.296 e. The van der Waals surface area contributed by atoms with Gasteiger partial charge in [0.1, 0.15) is 5.82 Å². The van der Waals surface area contributed by atoms with Crippen LogP contribution in [0.3, 0.4) is 0 Å². The van der Waals surface area contributed by atoms with Gasteiger partial charge in [0.15, 0.2) is 0 Å². The number of hydrogen-bond donors (Lipinski definition) is 0. The van der Waals surface area contributed by atoms with E-state index in [1.54, 1.807) is 0 Å². The van der Waals surface area contributed by atoms with E-state index in [4.69, 9.17) is 4.98 Å². The molecule has 1 aromatic heterocycles. The van der Waals surface area contributed by atoms with Crippen LogP contribution in [0, 0.1) is 0 Å². The Balaban J connectivity index is 1.63. The molecule has 39 heavy (non-hydrogen) atoms. The zero-order valence-electron chi connectivity index (χ0n) is 21.6. The summed E-state index contributed by atoms with van der Waals surface area (Å²) in [6.07, 6.45) is 0.864. The van der Waals surface area contributed by atoms with Gasteiger partial charge in [-0.15, -0.1) is 0 Å². The molecule has 0 aliphatic heterocycles. The molecule has 0 radical (unpaired) electrons. The van der Waals surface area contributed by atoms with E-state index in [1.807, 2.05) is 0 Å². The van der Waals surface area contributed by atoms with E-state index in [2.05, 4.69) is 127 Å². The Hall–Kier alpha value is -4.95. The molecule has 0 spiro atoms. The predicted molar refractivity (Wildman–Crippen MR) is 167 cm³/mol. The van der Waals surface area contributed by atoms with Gasteiger partial charge in [0.05, 0.1) is 16.7 Å². The number of imidazole rings is 1. The second kappa shape index (κ2) is 7.55. The number of benzene rings is 7. The molecule has 0 fully saturated rings. The molecule has 0 aliphatic carbocycles. The van der Waals surface area contributed by atoms with Crippen molar-refractivity contribution in [2.45, 2.75) is 13.3 Å². The smallest absolute Gasteiger partial charge is 0.114 e. The summed E-state index contributed by atoms with van der Waals surface area (Å²) in [7, 11) is 0. The average molecular weight is 497 g/mol. The maximum Gasteiger partial charge on any atom is 0.114 e. The molecule has 0 amide bonds. The zero-order valence-corrected chi connectivity index (χ0v) is 21.6. The summed E-state index contributed by atoms with van der Waals surface area (Å²) in [5.41, 5.74) is 3.39. The SMILES string of the molecule is CCc1nc2ccccc2n1-c1cc2cccc3c4cccc5ccc6cccc(c7cccc1c7c23)c6c54. The Morgan fingerprint density at radius 1 is 0.513 bits per heavy atom. The number of para-hydroxylation sites is 2. The molecule has 0 saturated heterocycles. The highest BCUT2D eigenvalue weighted by molar-refractivity contribution is 6.37. The quantitative estimate of drug-likeness (QED) is 0.218. The Labute approximate surface area is 225 Å². The van der Waals surface area contributed by atoms with Crippen molar-refractivity contribution in [1.29, 1.82) is 0 Å². The maximum absolute atomic E-state index is 5.03. The van der Waals surface area contributed by atoms with Crippen LogP contribution >= 0.6 is 0 Å². The molecule has 9 rings (SSSR count). The van der Waals surface area contributed by atoms with Crippen LogP contribution < -0.4 is 0 Å². The molecular weight excluding hydrogens is 472 g/mol. The summed E-state index contributed by atoms with van der Waals surface area (Å²) in [5.74, 6) is 1.09. The summed E-state index contributed by atoms with van der Waals surface area (Å²) in [6.45, 7) is 2.20. The van der Waals surface area contributed by atoms with Gasteiger partial charge in [0, 0.05) is 17.2 Å². The number of fused-ring (bicyclic) bond motifs is 3. The van der Waals surface area contributed by atoms with Gasteiger partial charge in [0.25, 0.3) is 0 Å². The summed E-state index contributed by atoms with van der Waals surface area (Å²) in [5, 5.41) is 15.6. The highest BCUT2D eigenvalue weighted by atomic mass is 15.1. The first-order valence-corrected chi connectivity index (χ1v) is 13.7. The molecule has 0 saturated carbocycles. The van der Waals surface area contributed by atoms with Crippen molar-refractivity contribution in [1.82, 2.24) is 9.55 Å². The van der Waals surface area contributed by atoms with Gasteiger partial charge in [-0.05, 0) is 72.1 Å². The molecule has 8 aromatic carbocycles. The van der Waals surface area contributed by atoms with Crippen LogP contribution in [0.5, 0.6) is 0 Å². The average Bonchev–Trinajstić information content (AvgIpc) is 3.37. The topological polar surface area (TPSA) is 17.8 Å². The lowest BCUT2D eigenvalue weighted by atomic mass is 9.87. The molecule has 0 atom stereocenters.